The monoisotopic (exact) mass is 448 g/mol. The minimum absolute atomic E-state index is 0.310. The van der Waals surface area contributed by atoms with Gasteiger partial charge in [-0.3, -0.25) is 4.79 Å². The van der Waals surface area contributed by atoms with Crippen LogP contribution in [0.1, 0.15) is 31.2 Å². The molecule has 2 fully saturated rings. The highest BCUT2D eigenvalue weighted by Gasteiger charge is 2.35. The number of aromatic nitrogens is 3. The second-order valence-electron chi connectivity index (χ2n) is 8.70. The molecule has 1 N–H and O–H groups in total. The highest BCUT2D eigenvalue weighted by molar-refractivity contribution is 7.18. The number of carbonyl (C=O) groups excluding carboxylic acids is 1. The van der Waals surface area contributed by atoms with Crippen LogP contribution in [0.5, 0.6) is 0 Å². The molecule has 1 saturated heterocycles. The fourth-order valence-electron chi connectivity index (χ4n) is 4.14. The first-order valence-corrected chi connectivity index (χ1v) is 12.0. The van der Waals surface area contributed by atoms with Crippen LogP contribution in [0.15, 0.2) is 42.7 Å². The minimum Gasteiger partial charge on any atom is -0.348 e. The van der Waals surface area contributed by atoms with E-state index in [1.165, 1.54) is 0 Å². The predicted octanol–water partition coefficient (Wildman–Crippen LogP) is 4.49. The van der Waals surface area contributed by atoms with E-state index in [0.29, 0.717) is 17.9 Å². The van der Waals surface area contributed by atoms with Crippen molar-refractivity contribution < 1.29 is 4.79 Å². The molecule has 1 aliphatic carbocycles. The summed E-state index contributed by atoms with van der Waals surface area (Å²) in [4.78, 5) is 31.5. The van der Waals surface area contributed by atoms with Gasteiger partial charge < -0.3 is 15.1 Å². The molecule has 166 valence electrons. The molecule has 0 bridgehead atoms. The SMILES string of the molecule is Cc1ccnc(Nc2cccc(-c3cnc(N(C)C4CCN(C(=O)C5CC5)CC4)s3)n2)c1. The zero-order valence-electron chi connectivity index (χ0n) is 18.5. The van der Waals surface area contributed by atoms with E-state index < -0.39 is 0 Å². The molecule has 32 heavy (non-hydrogen) atoms. The third-order valence-corrected chi connectivity index (χ3v) is 7.33. The number of carbonyl (C=O) groups is 1. The molecule has 3 aromatic heterocycles. The van der Waals surface area contributed by atoms with Crippen molar-refractivity contribution >= 4 is 34.0 Å². The number of thiazole rings is 1. The van der Waals surface area contributed by atoms with Crippen LogP contribution in [0.2, 0.25) is 0 Å². The molecule has 1 aliphatic heterocycles. The minimum atomic E-state index is 0.310. The van der Waals surface area contributed by atoms with Crippen molar-refractivity contribution in [2.24, 2.45) is 5.92 Å². The van der Waals surface area contributed by atoms with Crippen LogP contribution in [0.25, 0.3) is 10.6 Å². The van der Waals surface area contributed by atoms with Crippen LogP contribution >= 0.6 is 11.3 Å². The van der Waals surface area contributed by atoms with Gasteiger partial charge in [0.15, 0.2) is 5.13 Å². The molecular weight excluding hydrogens is 420 g/mol. The number of anilines is 3. The first-order valence-electron chi connectivity index (χ1n) is 11.2. The highest BCUT2D eigenvalue weighted by Crippen LogP contribution is 2.34. The van der Waals surface area contributed by atoms with Gasteiger partial charge in [-0.15, -0.1) is 0 Å². The van der Waals surface area contributed by atoms with Crippen molar-refractivity contribution in [3.05, 3.63) is 48.3 Å². The molecule has 5 rings (SSSR count). The van der Waals surface area contributed by atoms with E-state index in [4.69, 9.17) is 4.98 Å². The van der Waals surface area contributed by atoms with Gasteiger partial charge in [0.25, 0.3) is 0 Å². The lowest BCUT2D eigenvalue weighted by molar-refractivity contribution is -0.133. The van der Waals surface area contributed by atoms with E-state index in [1.54, 1.807) is 17.5 Å². The molecule has 7 nitrogen and oxygen atoms in total. The summed E-state index contributed by atoms with van der Waals surface area (Å²) in [5, 5.41) is 4.27. The summed E-state index contributed by atoms with van der Waals surface area (Å²) in [5.74, 6) is 2.22. The molecule has 0 atom stereocenters. The van der Waals surface area contributed by atoms with Gasteiger partial charge >= 0.3 is 0 Å². The molecule has 4 heterocycles. The molecule has 8 heteroatoms. The van der Waals surface area contributed by atoms with Gasteiger partial charge in [0.1, 0.15) is 11.6 Å². The van der Waals surface area contributed by atoms with Gasteiger partial charge in [-0.05, 0) is 62.4 Å². The number of nitrogens with zero attached hydrogens (tertiary/aromatic N) is 5. The van der Waals surface area contributed by atoms with E-state index in [9.17, 15) is 4.79 Å². The largest absolute Gasteiger partial charge is 0.348 e. The van der Waals surface area contributed by atoms with Crippen molar-refractivity contribution in [3.63, 3.8) is 0 Å². The summed E-state index contributed by atoms with van der Waals surface area (Å²) < 4.78 is 0. The Hall–Kier alpha value is -3.00. The Morgan fingerprint density at radius 2 is 1.94 bits per heavy atom. The predicted molar refractivity (Wildman–Crippen MR) is 128 cm³/mol. The summed E-state index contributed by atoms with van der Waals surface area (Å²) in [6, 6.07) is 10.3. The number of rotatable bonds is 6. The molecule has 0 radical (unpaired) electrons. The van der Waals surface area contributed by atoms with Crippen LogP contribution in [-0.4, -0.2) is 51.9 Å². The van der Waals surface area contributed by atoms with Crippen LogP contribution in [-0.2, 0) is 4.79 Å². The molecule has 0 spiro atoms. The fraction of sp³-hybridized carbons (Fsp3) is 0.417. The topological polar surface area (TPSA) is 74.2 Å². The zero-order chi connectivity index (χ0) is 22.1. The Bertz CT molecular complexity index is 1100. The van der Waals surface area contributed by atoms with E-state index in [-0.39, 0.29) is 0 Å². The average Bonchev–Trinajstić information content (AvgIpc) is 3.54. The van der Waals surface area contributed by atoms with Crippen LogP contribution in [0.4, 0.5) is 16.8 Å². The molecule has 0 aromatic carbocycles. The van der Waals surface area contributed by atoms with Gasteiger partial charge in [-0.25, -0.2) is 15.0 Å². The van der Waals surface area contributed by atoms with Crippen molar-refractivity contribution in [3.8, 4) is 10.6 Å². The third-order valence-electron chi connectivity index (χ3n) is 6.22. The Labute approximate surface area is 192 Å². The number of hydrogen-bond donors (Lipinski definition) is 1. The number of likely N-dealkylation sites (tertiary alicyclic amines) is 1. The summed E-state index contributed by atoms with van der Waals surface area (Å²) in [7, 11) is 2.11. The fourth-order valence-corrected chi connectivity index (χ4v) is 5.06. The molecule has 0 unspecified atom stereocenters. The van der Waals surface area contributed by atoms with Gasteiger partial charge in [-0.2, -0.15) is 0 Å². The lowest BCUT2D eigenvalue weighted by atomic mass is 10.0. The Balaban J connectivity index is 1.24. The lowest BCUT2D eigenvalue weighted by Crippen LogP contribution is -2.46. The normalized spacial score (nSPS) is 16.8. The number of nitrogens with one attached hydrogen (secondary N) is 1. The summed E-state index contributed by atoms with van der Waals surface area (Å²) in [6.07, 6.45) is 7.83. The maximum atomic E-state index is 12.3. The number of amides is 1. The van der Waals surface area contributed by atoms with Crippen LogP contribution in [0.3, 0.4) is 0 Å². The quantitative estimate of drug-likeness (QED) is 0.599. The third kappa shape index (κ3) is 4.60. The first kappa shape index (κ1) is 20.9. The number of aryl methyl sites for hydroxylation is 1. The summed E-state index contributed by atoms with van der Waals surface area (Å²) in [5.41, 5.74) is 2.04. The van der Waals surface area contributed by atoms with Gasteiger partial charge in [0, 0.05) is 44.5 Å². The van der Waals surface area contributed by atoms with Crippen molar-refractivity contribution in [2.75, 3.05) is 30.4 Å². The number of hydrogen-bond acceptors (Lipinski definition) is 7. The summed E-state index contributed by atoms with van der Waals surface area (Å²) in [6.45, 7) is 3.75. The standard InChI is InChI=1S/C24H28N6OS/c1-16-8-11-25-22(14-16)28-21-5-3-4-19(27-21)20-15-26-24(32-20)29(2)18-9-12-30(13-10-18)23(31)17-6-7-17/h3-5,8,11,14-15,17-18H,6-7,9-10,12-13H2,1-2H3,(H,25,27,28). The molecule has 1 amide bonds. The molecule has 3 aromatic rings. The molecule has 2 aliphatic rings. The van der Waals surface area contributed by atoms with Crippen LogP contribution in [0, 0.1) is 12.8 Å². The van der Waals surface area contributed by atoms with Crippen LogP contribution < -0.4 is 10.2 Å². The Kier molecular flexibility index (Phi) is 5.78. The Morgan fingerprint density at radius 1 is 1.12 bits per heavy atom. The molecular formula is C24H28N6OS. The summed E-state index contributed by atoms with van der Waals surface area (Å²) >= 11 is 1.66. The number of piperidine rings is 1. The van der Waals surface area contributed by atoms with Crippen molar-refractivity contribution in [1.29, 1.82) is 0 Å². The van der Waals surface area contributed by atoms with Crippen molar-refractivity contribution in [2.45, 2.75) is 38.6 Å². The smallest absolute Gasteiger partial charge is 0.225 e. The maximum absolute atomic E-state index is 12.3. The zero-order valence-corrected chi connectivity index (χ0v) is 19.3. The van der Waals surface area contributed by atoms with E-state index in [2.05, 4.69) is 32.1 Å². The number of pyridine rings is 2. The second-order valence-corrected chi connectivity index (χ2v) is 9.71. The lowest BCUT2D eigenvalue weighted by Gasteiger charge is -2.36. The Morgan fingerprint density at radius 3 is 2.69 bits per heavy atom. The van der Waals surface area contributed by atoms with E-state index in [0.717, 1.165) is 71.7 Å². The molecule has 1 saturated carbocycles. The van der Waals surface area contributed by atoms with Gasteiger partial charge in [-0.1, -0.05) is 17.4 Å². The van der Waals surface area contributed by atoms with E-state index >= 15 is 0 Å². The van der Waals surface area contributed by atoms with Gasteiger partial charge in [0.05, 0.1) is 10.6 Å². The second kappa shape index (κ2) is 8.86. The highest BCUT2D eigenvalue weighted by atomic mass is 32.1. The first-order chi connectivity index (χ1) is 15.6. The van der Waals surface area contributed by atoms with Gasteiger partial charge in [0.2, 0.25) is 5.91 Å². The average molecular weight is 449 g/mol. The maximum Gasteiger partial charge on any atom is 0.225 e. The van der Waals surface area contributed by atoms with Crippen molar-refractivity contribution in [1.82, 2.24) is 19.9 Å². The van der Waals surface area contributed by atoms with E-state index in [1.807, 2.05) is 43.5 Å².